The number of hydrogen-bond acceptors (Lipinski definition) is 2. The van der Waals surface area contributed by atoms with Crippen LogP contribution in [-0.4, -0.2) is 11.8 Å². The van der Waals surface area contributed by atoms with E-state index in [9.17, 15) is 9.59 Å². The maximum Gasteiger partial charge on any atom is 0.272 e. The van der Waals surface area contributed by atoms with E-state index < -0.39 is 5.91 Å². The number of aryl methyl sites for hydroxylation is 1. The van der Waals surface area contributed by atoms with Gasteiger partial charge in [-0.15, -0.1) is 0 Å². The van der Waals surface area contributed by atoms with E-state index in [1.807, 2.05) is 61.5 Å². The van der Waals surface area contributed by atoms with E-state index in [1.165, 1.54) is 0 Å². The van der Waals surface area contributed by atoms with Crippen molar-refractivity contribution in [2.24, 2.45) is 0 Å². The molecule has 140 valence electrons. The molecular weight excluding hydrogens is 416 g/mol. The number of carbonyl (C=O) groups is 2. The Morgan fingerprint density at radius 3 is 2.14 bits per heavy atom. The van der Waals surface area contributed by atoms with Crippen LogP contribution < -0.4 is 10.6 Å². The Bertz CT molecular complexity index is 995. The van der Waals surface area contributed by atoms with Crippen LogP contribution in [0, 0.1) is 6.92 Å². The van der Waals surface area contributed by atoms with Gasteiger partial charge in [0.1, 0.15) is 5.70 Å². The van der Waals surface area contributed by atoms with E-state index in [0.717, 1.165) is 15.6 Å². The summed E-state index contributed by atoms with van der Waals surface area (Å²) in [5.74, 6) is -0.737. The zero-order valence-corrected chi connectivity index (χ0v) is 16.9. The molecule has 0 bridgehead atoms. The zero-order valence-electron chi connectivity index (χ0n) is 15.3. The largest absolute Gasteiger partial charge is 0.321 e. The fourth-order valence-corrected chi connectivity index (χ4v) is 2.77. The summed E-state index contributed by atoms with van der Waals surface area (Å²) in [6.07, 6.45) is 1.65. The Morgan fingerprint density at radius 1 is 0.857 bits per heavy atom. The molecule has 28 heavy (non-hydrogen) atoms. The molecule has 0 saturated heterocycles. The SMILES string of the molecule is Cc1ccc(NC(=O)C(=Cc2ccc(Br)cc2)NC(=O)c2ccccc2)cc1. The Labute approximate surface area is 172 Å². The van der Waals surface area contributed by atoms with E-state index in [0.29, 0.717) is 11.3 Å². The molecule has 2 N–H and O–H groups in total. The molecule has 0 aromatic heterocycles. The molecule has 0 spiro atoms. The molecule has 4 nitrogen and oxygen atoms in total. The van der Waals surface area contributed by atoms with Crippen LogP contribution in [0.25, 0.3) is 6.08 Å². The van der Waals surface area contributed by atoms with Crippen LogP contribution in [-0.2, 0) is 4.79 Å². The number of halogens is 1. The third-order valence-electron chi connectivity index (χ3n) is 4.02. The quantitative estimate of drug-likeness (QED) is 0.544. The van der Waals surface area contributed by atoms with Crippen molar-refractivity contribution in [3.8, 4) is 0 Å². The topological polar surface area (TPSA) is 58.2 Å². The molecule has 0 saturated carbocycles. The summed E-state index contributed by atoms with van der Waals surface area (Å²) >= 11 is 3.39. The van der Waals surface area contributed by atoms with Crippen molar-refractivity contribution in [2.75, 3.05) is 5.32 Å². The number of carbonyl (C=O) groups excluding carboxylic acids is 2. The van der Waals surface area contributed by atoms with Crippen LogP contribution in [0.4, 0.5) is 5.69 Å². The van der Waals surface area contributed by atoms with Crippen molar-refractivity contribution >= 4 is 39.5 Å². The molecule has 0 radical (unpaired) electrons. The average molecular weight is 435 g/mol. The van der Waals surface area contributed by atoms with Crippen molar-refractivity contribution < 1.29 is 9.59 Å². The van der Waals surface area contributed by atoms with E-state index in [-0.39, 0.29) is 11.6 Å². The van der Waals surface area contributed by atoms with E-state index >= 15 is 0 Å². The molecule has 2 amide bonds. The minimum Gasteiger partial charge on any atom is -0.321 e. The summed E-state index contributed by atoms with van der Waals surface area (Å²) in [6.45, 7) is 1.98. The number of anilines is 1. The number of hydrogen-bond donors (Lipinski definition) is 2. The highest BCUT2D eigenvalue weighted by Gasteiger charge is 2.15. The lowest BCUT2D eigenvalue weighted by atomic mass is 10.1. The highest BCUT2D eigenvalue weighted by molar-refractivity contribution is 9.10. The van der Waals surface area contributed by atoms with Crippen LogP contribution in [0.3, 0.4) is 0 Å². The summed E-state index contributed by atoms with van der Waals surface area (Å²) in [6, 6.07) is 23.7. The van der Waals surface area contributed by atoms with E-state index in [4.69, 9.17) is 0 Å². The lowest BCUT2D eigenvalue weighted by Gasteiger charge is -2.11. The van der Waals surface area contributed by atoms with Gasteiger partial charge in [-0.25, -0.2) is 0 Å². The standard InChI is InChI=1S/C23H19BrN2O2/c1-16-7-13-20(14-8-16)25-23(28)21(15-17-9-11-19(24)12-10-17)26-22(27)18-5-3-2-4-6-18/h2-15H,1H3,(H,25,28)(H,26,27). The normalized spacial score (nSPS) is 11.0. The Kier molecular flexibility index (Phi) is 6.40. The first-order chi connectivity index (χ1) is 13.5. The first kappa shape index (κ1) is 19.6. The second-order valence-electron chi connectivity index (χ2n) is 6.25. The van der Waals surface area contributed by atoms with Gasteiger partial charge in [0.2, 0.25) is 0 Å². The lowest BCUT2D eigenvalue weighted by molar-refractivity contribution is -0.113. The Balaban J connectivity index is 1.86. The first-order valence-electron chi connectivity index (χ1n) is 8.73. The van der Waals surface area contributed by atoms with Crippen LogP contribution in [0.1, 0.15) is 21.5 Å². The Morgan fingerprint density at radius 2 is 1.50 bits per heavy atom. The second-order valence-corrected chi connectivity index (χ2v) is 7.17. The summed E-state index contributed by atoms with van der Waals surface area (Å²) in [5.41, 5.74) is 3.20. The van der Waals surface area contributed by atoms with Gasteiger partial charge in [0.15, 0.2) is 0 Å². The van der Waals surface area contributed by atoms with Crippen LogP contribution in [0.5, 0.6) is 0 Å². The molecule has 0 aliphatic heterocycles. The molecule has 0 aliphatic rings. The van der Waals surface area contributed by atoms with Crippen molar-refractivity contribution in [3.05, 3.63) is 106 Å². The maximum absolute atomic E-state index is 12.8. The summed E-state index contributed by atoms with van der Waals surface area (Å²) in [7, 11) is 0. The molecule has 3 rings (SSSR count). The molecule has 5 heteroatoms. The zero-order chi connectivity index (χ0) is 19.9. The average Bonchev–Trinajstić information content (AvgIpc) is 2.71. The van der Waals surface area contributed by atoms with Gasteiger partial charge in [-0.1, -0.05) is 64.0 Å². The third-order valence-corrected chi connectivity index (χ3v) is 4.55. The van der Waals surface area contributed by atoms with Gasteiger partial charge in [-0.2, -0.15) is 0 Å². The number of rotatable bonds is 5. The molecule has 0 unspecified atom stereocenters. The summed E-state index contributed by atoms with van der Waals surface area (Å²) in [4.78, 5) is 25.4. The van der Waals surface area contributed by atoms with Crippen LogP contribution in [0.15, 0.2) is 89.0 Å². The van der Waals surface area contributed by atoms with Crippen LogP contribution in [0.2, 0.25) is 0 Å². The van der Waals surface area contributed by atoms with Gasteiger partial charge in [0.25, 0.3) is 11.8 Å². The minimum absolute atomic E-state index is 0.164. The van der Waals surface area contributed by atoms with Crippen molar-refractivity contribution in [1.29, 1.82) is 0 Å². The van der Waals surface area contributed by atoms with Gasteiger partial charge in [0.05, 0.1) is 0 Å². The molecule has 3 aromatic carbocycles. The monoisotopic (exact) mass is 434 g/mol. The summed E-state index contributed by atoms with van der Waals surface area (Å²) in [5, 5.41) is 5.55. The molecule has 0 fully saturated rings. The van der Waals surface area contributed by atoms with Gasteiger partial charge in [0, 0.05) is 15.7 Å². The van der Waals surface area contributed by atoms with Crippen molar-refractivity contribution in [1.82, 2.24) is 5.32 Å². The maximum atomic E-state index is 12.8. The number of amides is 2. The summed E-state index contributed by atoms with van der Waals surface area (Å²) < 4.78 is 0.934. The Hall–Kier alpha value is -3.18. The fraction of sp³-hybridized carbons (Fsp3) is 0.0435. The molecule has 0 atom stereocenters. The predicted molar refractivity (Wildman–Crippen MR) is 116 cm³/mol. The van der Waals surface area contributed by atoms with E-state index in [1.54, 1.807) is 30.3 Å². The van der Waals surface area contributed by atoms with Gasteiger partial charge >= 0.3 is 0 Å². The molecular formula is C23H19BrN2O2. The van der Waals surface area contributed by atoms with Crippen molar-refractivity contribution in [3.63, 3.8) is 0 Å². The molecule has 0 heterocycles. The number of benzene rings is 3. The third kappa shape index (κ3) is 5.41. The lowest BCUT2D eigenvalue weighted by Crippen LogP contribution is -2.30. The minimum atomic E-state index is -0.393. The smallest absolute Gasteiger partial charge is 0.272 e. The highest BCUT2D eigenvalue weighted by Crippen LogP contribution is 2.15. The second kappa shape index (κ2) is 9.15. The van der Waals surface area contributed by atoms with Crippen LogP contribution >= 0.6 is 15.9 Å². The highest BCUT2D eigenvalue weighted by atomic mass is 79.9. The number of nitrogens with one attached hydrogen (secondary N) is 2. The predicted octanol–water partition coefficient (Wildman–Crippen LogP) is 5.17. The fourth-order valence-electron chi connectivity index (χ4n) is 2.50. The van der Waals surface area contributed by atoms with Gasteiger partial charge in [-0.3, -0.25) is 9.59 Å². The van der Waals surface area contributed by atoms with Gasteiger partial charge in [-0.05, 0) is 55.0 Å². The molecule has 0 aliphatic carbocycles. The van der Waals surface area contributed by atoms with Crippen molar-refractivity contribution in [2.45, 2.75) is 6.92 Å². The first-order valence-corrected chi connectivity index (χ1v) is 9.52. The van der Waals surface area contributed by atoms with E-state index in [2.05, 4.69) is 26.6 Å². The van der Waals surface area contributed by atoms with Gasteiger partial charge < -0.3 is 10.6 Å². The molecule has 3 aromatic rings.